The van der Waals surface area contributed by atoms with E-state index in [0.717, 1.165) is 0 Å². The Morgan fingerprint density at radius 2 is 1.48 bits per heavy atom. The van der Waals surface area contributed by atoms with Gasteiger partial charge in [-0.1, -0.05) is 41.9 Å². The van der Waals surface area contributed by atoms with E-state index in [-0.39, 0.29) is 24.3 Å². The van der Waals surface area contributed by atoms with Crippen LogP contribution in [-0.2, 0) is 9.59 Å². The molecule has 3 amide bonds. The molecule has 1 aliphatic heterocycles. The van der Waals surface area contributed by atoms with Crippen molar-refractivity contribution in [2.24, 2.45) is 0 Å². The van der Waals surface area contributed by atoms with Crippen LogP contribution in [0.5, 0.6) is 5.75 Å². The van der Waals surface area contributed by atoms with E-state index in [4.69, 9.17) is 16.3 Å². The number of hydrogen-bond acceptors (Lipinski definition) is 4. The second-order valence-electron chi connectivity index (χ2n) is 7.19. The van der Waals surface area contributed by atoms with Gasteiger partial charge in [0, 0.05) is 38.2 Å². The Kier molecular flexibility index (Phi) is 8.29. The average molecular weight is 444 g/mol. The number of hydrogen-bond donors (Lipinski definition) is 1. The number of ether oxygens (including phenoxy) is 1. The second kappa shape index (κ2) is 11.4. The molecule has 31 heavy (non-hydrogen) atoms. The smallest absolute Gasteiger partial charge is 0.251 e. The summed E-state index contributed by atoms with van der Waals surface area (Å²) in [6.07, 6.45) is 0.972. The number of rotatable bonds is 8. The zero-order valence-corrected chi connectivity index (χ0v) is 18.0. The van der Waals surface area contributed by atoms with Crippen LogP contribution in [0.4, 0.5) is 0 Å². The summed E-state index contributed by atoms with van der Waals surface area (Å²) in [5.41, 5.74) is 0.518. The van der Waals surface area contributed by atoms with Crippen LogP contribution in [0.2, 0.25) is 5.02 Å². The highest BCUT2D eigenvalue weighted by Gasteiger charge is 2.24. The number of halogens is 1. The molecule has 0 aromatic heterocycles. The molecule has 0 spiro atoms. The zero-order valence-electron chi connectivity index (χ0n) is 17.3. The maximum absolute atomic E-state index is 12.4. The molecule has 1 heterocycles. The molecule has 3 rings (SSSR count). The van der Waals surface area contributed by atoms with E-state index < -0.39 is 0 Å². The van der Waals surface area contributed by atoms with Crippen molar-refractivity contribution in [1.82, 2.24) is 15.1 Å². The van der Waals surface area contributed by atoms with E-state index in [1.165, 1.54) is 0 Å². The first-order chi connectivity index (χ1) is 15.0. The van der Waals surface area contributed by atoms with Gasteiger partial charge in [0.05, 0.1) is 18.2 Å². The van der Waals surface area contributed by atoms with Gasteiger partial charge in [-0.3, -0.25) is 14.4 Å². The predicted molar refractivity (Wildman–Crippen MR) is 118 cm³/mol. The lowest BCUT2D eigenvalue weighted by molar-refractivity contribution is -0.139. The molecule has 0 unspecified atom stereocenters. The van der Waals surface area contributed by atoms with Crippen molar-refractivity contribution in [3.8, 4) is 5.75 Å². The molecule has 2 aromatic carbocycles. The fourth-order valence-corrected chi connectivity index (χ4v) is 3.48. The monoisotopic (exact) mass is 443 g/mol. The lowest BCUT2D eigenvalue weighted by atomic mass is 10.2. The van der Waals surface area contributed by atoms with E-state index in [1.807, 2.05) is 18.2 Å². The third-order valence-corrected chi connectivity index (χ3v) is 5.36. The molecule has 164 valence electrons. The summed E-state index contributed by atoms with van der Waals surface area (Å²) in [7, 11) is 0. The number of carbonyl (C=O) groups excluding carboxylic acids is 3. The third-order valence-electron chi connectivity index (χ3n) is 5.05. The molecule has 0 saturated carbocycles. The minimum absolute atomic E-state index is 0.0484. The topological polar surface area (TPSA) is 79.0 Å². The van der Waals surface area contributed by atoms with Crippen LogP contribution in [0, 0.1) is 0 Å². The molecule has 1 aliphatic rings. The van der Waals surface area contributed by atoms with Crippen molar-refractivity contribution in [3.05, 3.63) is 65.2 Å². The maximum Gasteiger partial charge on any atom is 0.251 e. The Bertz CT molecular complexity index is 899. The average Bonchev–Trinajstić information content (AvgIpc) is 2.81. The number of carbonyl (C=O) groups is 3. The number of piperazine rings is 1. The summed E-state index contributed by atoms with van der Waals surface area (Å²) >= 11 is 6.04. The molecule has 0 bridgehead atoms. The Labute approximate surface area is 186 Å². The molecule has 1 N–H and O–H groups in total. The van der Waals surface area contributed by atoms with Gasteiger partial charge in [0.2, 0.25) is 11.8 Å². The summed E-state index contributed by atoms with van der Waals surface area (Å²) < 4.78 is 5.61. The number of benzene rings is 2. The lowest BCUT2D eigenvalue weighted by Crippen LogP contribution is -2.52. The Morgan fingerprint density at radius 1 is 0.871 bits per heavy atom. The second-order valence-corrected chi connectivity index (χ2v) is 7.60. The molecule has 1 fully saturated rings. The fraction of sp³-hybridized carbons (Fsp3) is 0.348. The summed E-state index contributed by atoms with van der Waals surface area (Å²) in [6, 6.07) is 16.0. The number of nitrogens with one attached hydrogen (secondary N) is 1. The number of para-hydroxylation sites is 1. The van der Waals surface area contributed by atoms with E-state index in [9.17, 15) is 14.4 Å². The van der Waals surface area contributed by atoms with Gasteiger partial charge >= 0.3 is 0 Å². The van der Waals surface area contributed by atoms with Crippen LogP contribution < -0.4 is 10.1 Å². The van der Waals surface area contributed by atoms with Crippen molar-refractivity contribution in [1.29, 1.82) is 0 Å². The number of amides is 3. The minimum Gasteiger partial charge on any atom is -0.492 e. The quantitative estimate of drug-likeness (QED) is 0.636. The van der Waals surface area contributed by atoms with Gasteiger partial charge in [-0.05, 0) is 30.7 Å². The van der Waals surface area contributed by atoms with Crippen molar-refractivity contribution >= 4 is 29.3 Å². The number of nitrogens with zero attached hydrogens (tertiary/aromatic N) is 2. The molecule has 7 nitrogen and oxygen atoms in total. The lowest BCUT2D eigenvalue weighted by Gasteiger charge is -2.35. The Morgan fingerprint density at radius 3 is 2.16 bits per heavy atom. The van der Waals surface area contributed by atoms with Crippen molar-refractivity contribution in [3.63, 3.8) is 0 Å². The maximum atomic E-state index is 12.4. The Balaban J connectivity index is 1.33. The van der Waals surface area contributed by atoms with E-state index in [0.29, 0.717) is 62.0 Å². The van der Waals surface area contributed by atoms with Gasteiger partial charge in [0.1, 0.15) is 5.75 Å². The third kappa shape index (κ3) is 6.72. The summed E-state index contributed by atoms with van der Waals surface area (Å²) in [5.74, 6) is 0.238. The minimum atomic E-state index is -0.276. The van der Waals surface area contributed by atoms with Crippen LogP contribution >= 0.6 is 11.6 Å². The van der Waals surface area contributed by atoms with Crippen molar-refractivity contribution in [2.75, 3.05) is 39.3 Å². The van der Waals surface area contributed by atoms with Gasteiger partial charge < -0.3 is 19.9 Å². The van der Waals surface area contributed by atoms with Gasteiger partial charge in [-0.25, -0.2) is 0 Å². The van der Waals surface area contributed by atoms with Crippen molar-refractivity contribution in [2.45, 2.75) is 12.8 Å². The fourth-order valence-electron chi connectivity index (χ4n) is 3.29. The summed E-state index contributed by atoms with van der Waals surface area (Å²) in [5, 5.41) is 3.20. The molecule has 0 radical (unpaired) electrons. The SMILES string of the molecule is O=C(NCC(=O)N1CCN(C(=O)CCCOc2ccccc2Cl)CC1)c1ccccc1. The largest absolute Gasteiger partial charge is 0.492 e. The Hall–Kier alpha value is -3.06. The molecular formula is C23H26ClN3O4. The standard InChI is InChI=1S/C23H26ClN3O4/c24-19-9-4-5-10-20(19)31-16-6-11-21(28)26-12-14-27(15-13-26)22(29)17-25-23(30)18-7-2-1-3-8-18/h1-5,7-10H,6,11-17H2,(H,25,30). The van der Waals surface area contributed by atoms with Crippen molar-refractivity contribution < 1.29 is 19.1 Å². The normalized spacial score (nSPS) is 13.6. The first-order valence-electron chi connectivity index (χ1n) is 10.3. The zero-order chi connectivity index (χ0) is 22.1. The summed E-state index contributed by atoms with van der Waals surface area (Å²) in [4.78, 5) is 40.3. The van der Waals surface area contributed by atoms with E-state index in [1.54, 1.807) is 46.2 Å². The van der Waals surface area contributed by atoms with Gasteiger partial charge in [-0.2, -0.15) is 0 Å². The molecule has 0 atom stereocenters. The molecule has 0 aliphatic carbocycles. The molecule has 2 aromatic rings. The van der Waals surface area contributed by atoms with Gasteiger partial charge in [0.15, 0.2) is 0 Å². The highest BCUT2D eigenvalue weighted by atomic mass is 35.5. The van der Waals surface area contributed by atoms with Gasteiger partial charge in [0.25, 0.3) is 5.91 Å². The highest BCUT2D eigenvalue weighted by Crippen LogP contribution is 2.23. The van der Waals surface area contributed by atoms with Crippen LogP contribution in [0.25, 0.3) is 0 Å². The van der Waals surface area contributed by atoms with E-state index in [2.05, 4.69) is 5.32 Å². The molecular weight excluding hydrogens is 418 g/mol. The highest BCUT2D eigenvalue weighted by molar-refractivity contribution is 6.32. The predicted octanol–water partition coefficient (Wildman–Crippen LogP) is 2.60. The molecule has 1 saturated heterocycles. The van der Waals surface area contributed by atoms with Crippen LogP contribution in [-0.4, -0.2) is 66.9 Å². The van der Waals surface area contributed by atoms with Crippen LogP contribution in [0.3, 0.4) is 0 Å². The van der Waals surface area contributed by atoms with Gasteiger partial charge in [-0.15, -0.1) is 0 Å². The van der Waals surface area contributed by atoms with Crippen LogP contribution in [0.15, 0.2) is 54.6 Å². The first kappa shape index (κ1) is 22.6. The molecule has 8 heteroatoms. The first-order valence-corrected chi connectivity index (χ1v) is 10.7. The summed E-state index contributed by atoms with van der Waals surface area (Å²) in [6.45, 7) is 2.26. The van der Waals surface area contributed by atoms with E-state index >= 15 is 0 Å². The van der Waals surface area contributed by atoms with Crippen LogP contribution in [0.1, 0.15) is 23.2 Å².